The second kappa shape index (κ2) is 8.10. The van der Waals surface area contributed by atoms with E-state index in [0.29, 0.717) is 15.0 Å². The molecule has 2 N–H and O–H groups in total. The third-order valence-electron chi connectivity index (χ3n) is 4.08. The number of fused-ring (bicyclic) bond motifs is 1. The number of thiocarbonyl (C=S) groups is 1. The third-order valence-corrected chi connectivity index (χ3v) is 6.01. The van der Waals surface area contributed by atoms with E-state index in [1.807, 2.05) is 24.3 Å². The molecular formula is C18H19ClN2OS2. The normalized spacial score (nSPS) is 14.3. The lowest BCUT2D eigenvalue weighted by molar-refractivity contribution is 0.0981. The second-order valence-electron chi connectivity index (χ2n) is 5.81. The molecule has 24 heavy (non-hydrogen) atoms. The largest absolute Gasteiger partial charge is 0.362 e. The van der Waals surface area contributed by atoms with Gasteiger partial charge in [0.25, 0.3) is 5.91 Å². The first kappa shape index (κ1) is 17.4. The lowest BCUT2D eigenvalue weighted by atomic mass is 9.97. The van der Waals surface area contributed by atoms with E-state index in [2.05, 4.69) is 16.7 Å². The van der Waals surface area contributed by atoms with Crippen LogP contribution in [0.1, 0.15) is 41.8 Å². The van der Waals surface area contributed by atoms with Gasteiger partial charge in [0.2, 0.25) is 0 Å². The fourth-order valence-electron chi connectivity index (χ4n) is 2.83. The molecule has 0 fully saturated rings. The molecule has 0 saturated carbocycles. The van der Waals surface area contributed by atoms with E-state index < -0.39 is 0 Å². The van der Waals surface area contributed by atoms with Crippen molar-refractivity contribution in [2.75, 3.05) is 6.54 Å². The van der Waals surface area contributed by atoms with Gasteiger partial charge in [0.1, 0.15) is 4.88 Å². The lowest BCUT2D eigenvalue weighted by Gasteiger charge is -2.14. The van der Waals surface area contributed by atoms with Crippen LogP contribution in [0.3, 0.4) is 0 Å². The fraction of sp³-hybridized carbons (Fsp3) is 0.333. The van der Waals surface area contributed by atoms with Crippen LogP contribution in [0.5, 0.6) is 0 Å². The summed E-state index contributed by atoms with van der Waals surface area (Å²) in [4.78, 5) is 12.9. The number of carbonyl (C=O) groups excluding carboxylic acids is 1. The average Bonchev–Trinajstić information content (AvgIpc) is 2.93. The van der Waals surface area contributed by atoms with E-state index in [-0.39, 0.29) is 5.91 Å². The molecule has 0 radical (unpaired) electrons. The van der Waals surface area contributed by atoms with Crippen LogP contribution in [0.4, 0.5) is 0 Å². The highest BCUT2D eigenvalue weighted by Gasteiger charge is 2.17. The van der Waals surface area contributed by atoms with Gasteiger partial charge in [0, 0.05) is 16.6 Å². The van der Waals surface area contributed by atoms with Crippen LogP contribution in [0.15, 0.2) is 35.9 Å². The first-order valence-corrected chi connectivity index (χ1v) is 9.69. The number of benzene rings is 1. The van der Waals surface area contributed by atoms with Crippen molar-refractivity contribution in [2.45, 2.75) is 32.1 Å². The number of rotatable bonds is 4. The number of allylic oxidation sites excluding steroid dienone is 1. The number of carbonyl (C=O) groups is 1. The van der Waals surface area contributed by atoms with Gasteiger partial charge in [-0.1, -0.05) is 41.4 Å². The molecule has 0 atom stereocenters. The summed E-state index contributed by atoms with van der Waals surface area (Å²) in [6.07, 6.45) is 8.22. The maximum absolute atomic E-state index is 12.4. The summed E-state index contributed by atoms with van der Waals surface area (Å²) in [5, 5.41) is 7.57. The van der Waals surface area contributed by atoms with Crippen LogP contribution in [-0.2, 0) is 0 Å². The summed E-state index contributed by atoms with van der Waals surface area (Å²) >= 11 is 12.9. The third kappa shape index (κ3) is 4.15. The van der Waals surface area contributed by atoms with Gasteiger partial charge in [0.15, 0.2) is 5.11 Å². The Morgan fingerprint density at radius 2 is 2.12 bits per heavy atom. The topological polar surface area (TPSA) is 41.1 Å². The summed E-state index contributed by atoms with van der Waals surface area (Å²) < 4.78 is 0.996. The highest BCUT2D eigenvalue weighted by Crippen LogP contribution is 2.34. The smallest absolute Gasteiger partial charge is 0.269 e. The van der Waals surface area contributed by atoms with Gasteiger partial charge in [0.05, 0.1) is 5.02 Å². The summed E-state index contributed by atoms with van der Waals surface area (Å²) in [7, 11) is 0. The van der Waals surface area contributed by atoms with E-state index in [9.17, 15) is 4.79 Å². The molecule has 0 spiro atoms. The summed E-state index contributed by atoms with van der Waals surface area (Å²) in [6, 6.07) is 7.72. The van der Waals surface area contributed by atoms with Crippen molar-refractivity contribution in [2.24, 2.45) is 0 Å². The Hall–Kier alpha value is -1.43. The molecule has 3 nitrogen and oxygen atoms in total. The molecule has 1 aromatic carbocycles. The van der Waals surface area contributed by atoms with Crippen LogP contribution in [0.2, 0.25) is 5.02 Å². The van der Waals surface area contributed by atoms with Crippen LogP contribution in [-0.4, -0.2) is 17.6 Å². The summed E-state index contributed by atoms with van der Waals surface area (Å²) in [5.74, 6) is -0.254. The standard InChI is InChI=1S/C18H19ClN2OS2/c19-15-13-8-4-5-9-14(13)24-16(15)17(22)21-18(23)20-11-10-12-6-2-1-3-7-12/h4-6,8-9H,1-3,7,10-11H2,(H2,20,21,22,23). The number of thiophene rings is 1. The first-order chi connectivity index (χ1) is 11.6. The van der Waals surface area contributed by atoms with E-state index >= 15 is 0 Å². The van der Waals surface area contributed by atoms with Crippen molar-refractivity contribution in [3.8, 4) is 0 Å². The molecule has 0 saturated heterocycles. The Kier molecular flexibility index (Phi) is 5.87. The van der Waals surface area contributed by atoms with E-state index in [4.69, 9.17) is 23.8 Å². The van der Waals surface area contributed by atoms with Crippen LogP contribution in [0.25, 0.3) is 10.1 Å². The predicted molar refractivity (Wildman–Crippen MR) is 106 cm³/mol. The zero-order valence-corrected chi connectivity index (χ0v) is 15.6. The molecule has 1 aliphatic rings. The van der Waals surface area contributed by atoms with Crippen molar-refractivity contribution in [3.63, 3.8) is 0 Å². The average molecular weight is 379 g/mol. The van der Waals surface area contributed by atoms with E-state index in [1.54, 1.807) is 0 Å². The molecule has 1 amide bonds. The minimum absolute atomic E-state index is 0.254. The number of nitrogens with one attached hydrogen (secondary N) is 2. The molecule has 1 aromatic heterocycles. The molecule has 0 aliphatic heterocycles. The Morgan fingerprint density at radius 1 is 1.29 bits per heavy atom. The Morgan fingerprint density at radius 3 is 2.88 bits per heavy atom. The van der Waals surface area contributed by atoms with E-state index in [1.165, 1.54) is 42.6 Å². The van der Waals surface area contributed by atoms with Crippen molar-refractivity contribution in [1.82, 2.24) is 10.6 Å². The minimum Gasteiger partial charge on any atom is -0.362 e. The van der Waals surface area contributed by atoms with Gasteiger partial charge in [-0.05, 0) is 50.4 Å². The molecule has 1 heterocycles. The molecule has 1 aliphatic carbocycles. The molecule has 126 valence electrons. The van der Waals surface area contributed by atoms with Crippen LogP contribution < -0.4 is 10.6 Å². The number of hydrogen-bond acceptors (Lipinski definition) is 3. The predicted octanol–water partition coefficient (Wildman–Crippen LogP) is 5.05. The van der Waals surface area contributed by atoms with Crippen LogP contribution in [0, 0.1) is 0 Å². The molecular weight excluding hydrogens is 360 g/mol. The molecule has 2 aromatic rings. The highest BCUT2D eigenvalue weighted by molar-refractivity contribution is 7.80. The monoisotopic (exact) mass is 378 g/mol. The molecule has 0 unspecified atom stereocenters. The molecule has 3 rings (SSSR count). The van der Waals surface area contributed by atoms with Gasteiger partial charge >= 0.3 is 0 Å². The SMILES string of the molecule is O=C(NC(=S)NCCC1=CCCCC1)c1sc2ccccc2c1Cl. The quantitative estimate of drug-likeness (QED) is 0.577. The fourth-order valence-corrected chi connectivity index (χ4v) is 4.44. The summed E-state index contributed by atoms with van der Waals surface area (Å²) in [6.45, 7) is 0.741. The maximum Gasteiger partial charge on any atom is 0.269 e. The van der Waals surface area contributed by atoms with E-state index in [0.717, 1.165) is 23.1 Å². The Balaban J connectivity index is 1.54. The zero-order valence-electron chi connectivity index (χ0n) is 13.2. The first-order valence-electron chi connectivity index (χ1n) is 8.09. The highest BCUT2D eigenvalue weighted by atomic mass is 35.5. The number of halogens is 1. The molecule has 0 bridgehead atoms. The second-order valence-corrected chi connectivity index (χ2v) is 7.65. The Labute approximate surface area is 156 Å². The van der Waals surface area contributed by atoms with Gasteiger partial charge in [-0.25, -0.2) is 0 Å². The van der Waals surface area contributed by atoms with Crippen LogP contribution >= 0.6 is 35.2 Å². The van der Waals surface area contributed by atoms with Crippen molar-refractivity contribution in [3.05, 3.63) is 45.8 Å². The maximum atomic E-state index is 12.4. The van der Waals surface area contributed by atoms with Crippen molar-refractivity contribution >= 4 is 56.3 Å². The minimum atomic E-state index is -0.254. The zero-order chi connectivity index (χ0) is 16.9. The molecule has 6 heteroatoms. The lowest BCUT2D eigenvalue weighted by Crippen LogP contribution is -2.39. The van der Waals surface area contributed by atoms with Crippen molar-refractivity contribution < 1.29 is 4.79 Å². The van der Waals surface area contributed by atoms with Crippen molar-refractivity contribution in [1.29, 1.82) is 0 Å². The van der Waals surface area contributed by atoms with Gasteiger partial charge < -0.3 is 5.32 Å². The summed E-state index contributed by atoms with van der Waals surface area (Å²) in [5.41, 5.74) is 1.48. The van der Waals surface area contributed by atoms with Gasteiger partial charge in [-0.2, -0.15) is 0 Å². The Bertz CT molecular complexity index is 797. The van der Waals surface area contributed by atoms with Gasteiger partial charge in [-0.3, -0.25) is 10.1 Å². The number of hydrogen-bond donors (Lipinski definition) is 2. The number of amides is 1. The van der Waals surface area contributed by atoms with Gasteiger partial charge in [-0.15, -0.1) is 11.3 Å².